The number of hydrogen-bond acceptors (Lipinski definition) is 1. The third-order valence-corrected chi connectivity index (χ3v) is 11.7. The minimum atomic E-state index is -0.470. The normalized spacial score (nSPS) is 13.0. The zero-order chi connectivity index (χ0) is 35.7. The first-order valence-electron chi connectivity index (χ1n) is 18.6. The highest BCUT2D eigenvalue weighted by atomic mass is 15.1. The lowest BCUT2D eigenvalue weighted by Crippen LogP contribution is -2.28. The van der Waals surface area contributed by atoms with E-state index in [-0.39, 0.29) is 0 Å². The van der Waals surface area contributed by atoms with Crippen molar-refractivity contribution in [2.45, 2.75) is 26.2 Å². The highest BCUT2D eigenvalue weighted by Crippen LogP contribution is 2.65. The molecule has 53 heavy (non-hydrogen) atoms. The third-order valence-electron chi connectivity index (χ3n) is 11.7. The molecule has 0 heterocycles. The van der Waals surface area contributed by atoms with Gasteiger partial charge in [-0.25, -0.2) is 0 Å². The molecule has 8 aromatic carbocycles. The van der Waals surface area contributed by atoms with Crippen molar-refractivity contribution in [3.63, 3.8) is 0 Å². The van der Waals surface area contributed by atoms with Gasteiger partial charge in [-0.05, 0) is 129 Å². The molecular weight excluding hydrogens is 639 g/mol. The van der Waals surface area contributed by atoms with Crippen LogP contribution in [0.5, 0.6) is 0 Å². The largest absolute Gasteiger partial charge is 0.310 e. The molecule has 0 radical (unpaired) electrons. The highest BCUT2D eigenvalue weighted by Gasteiger charge is 2.53. The van der Waals surface area contributed by atoms with Gasteiger partial charge in [0.25, 0.3) is 0 Å². The standard InChI is InChI=1S/C52H39N/c1-34-16-7-8-19-40(34)41-30-29-39(33-35(41)2)53(49-31-28-38(32-36(49)3)37-17-5-4-6-18-37)50-27-15-23-45-44-22-11-14-26-48(44)52(51(45)50)46-24-12-9-20-42(46)43-21-10-13-25-47(43)52/h4-33H,1-3H3. The van der Waals surface area contributed by atoms with Crippen LogP contribution < -0.4 is 4.90 Å². The molecular formula is C52H39N. The molecule has 2 aliphatic rings. The number of benzene rings is 8. The van der Waals surface area contributed by atoms with E-state index in [1.165, 1.54) is 94.8 Å². The van der Waals surface area contributed by atoms with Crippen molar-refractivity contribution in [3.05, 3.63) is 221 Å². The Labute approximate surface area is 312 Å². The topological polar surface area (TPSA) is 3.24 Å². The fourth-order valence-corrected chi connectivity index (χ4v) is 9.41. The third kappa shape index (κ3) is 4.57. The minimum Gasteiger partial charge on any atom is -0.310 e. The van der Waals surface area contributed by atoms with Gasteiger partial charge in [-0.2, -0.15) is 0 Å². The molecule has 10 rings (SSSR count). The Morgan fingerprint density at radius 2 is 0.887 bits per heavy atom. The van der Waals surface area contributed by atoms with Crippen LogP contribution in [0.25, 0.3) is 44.5 Å². The number of aryl methyl sites for hydroxylation is 3. The van der Waals surface area contributed by atoms with E-state index in [1.54, 1.807) is 0 Å². The molecule has 0 N–H and O–H groups in total. The van der Waals surface area contributed by atoms with Gasteiger partial charge in [0, 0.05) is 16.9 Å². The Bertz CT molecular complexity index is 2650. The molecule has 8 aromatic rings. The number of fused-ring (bicyclic) bond motifs is 10. The Kier molecular flexibility index (Phi) is 7.13. The van der Waals surface area contributed by atoms with Crippen LogP contribution in [-0.2, 0) is 5.41 Å². The van der Waals surface area contributed by atoms with Crippen LogP contribution in [0.15, 0.2) is 182 Å². The summed E-state index contributed by atoms with van der Waals surface area (Å²) in [5.74, 6) is 0. The van der Waals surface area contributed by atoms with Gasteiger partial charge in [0.2, 0.25) is 0 Å². The van der Waals surface area contributed by atoms with Crippen molar-refractivity contribution in [3.8, 4) is 44.5 Å². The van der Waals surface area contributed by atoms with Gasteiger partial charge >= 0.3 is 0 Å². The van der Waals surface area contributed by atoms with E-state index in [4.69, 9.17) is 0 Å². The zero-order valence-electron chi connectivity index (χ0n) is 30.3. The Morgan fingerprint density at radius 3 is 1.51 bits per heavy atom. The number of rotatable bonds is 5. The van der Waals surface area contributed by atoms with Crippen LogP contribution in [0.2, 0.25) is 0 Å². The van der Waals surface area contributed by atoms with Gasteiger partial charge in [-0.3, -0.25) is 0 Å². The first-order chi connectivity index (χ1) is 26.1. The lowest BCUT2D eigenvalue weighted by atomic mass is 9.70. The number of nitrogens with zero attached hydrogens (tertiary/aromatic N) is 1. The smallest absolute Gasteiger partial charge is 0.0746 e. The van der Waals surface area contributed by atoms with Gasteiger partial charge in [0.15, 0.2) is 0 Å². The predicted octanol–water partition coefficient (Wildman–Crippen LogP) is 13.8. The van der Waals surface area contributed by atoms with E-state index in [2.05, 4.69) is 208 Å². The van der Waals surface area contributed by atoms with Gasteiger partial charge < -0.3 is 4.90 Å². The van der Waals surface area contributed by atoms with E-state index in [0.29, 0.717) is 0 Å². The second-order valence-corrected chi connectivity index (χ2v) is 14.6. The molecule has 1 spiro atoms. The van der Waals surface area contributed by atoms with Gasteiger partial charge in [0.1, 0.15) is 0 Å². The molecule has 252 valence electrons. The van der Waals surface area contributed by atoms with Crippen molar-refractivity contribution in [2.75, 3.05) is 4.90 Å². The summed E-state index contributed by atoms with van der Waals surface area (Å²) in [6, 6.07) is 67.6. The van der Waals surface area contributed by atoms with Gasteiger partial charge in [-0.15, -0.1) is 0 Å². The maximum Gasteiger partial charge on any atom is 0.0746 e. The van der Waals surface area contributed by atoms with E-state index in [9.17, 15) is 0 Å². The Balaban J connectivity index is 1.27. The van der Waals surface area contributed by atoms with Crippen molar-refractivity contribution in [1.29, 1.82) is 0 Å². The van der Waals surface area contributed by atoms with E-state index < -0.39 is 5.41 Å². The predicted molar refractivity (Wildman–Crippen MR) is 223 cm³/mol. The van der Waals surface area contributed by atoms with Crippen LogP contribution in [-0.4, -0.2) is 0 Å². The van der Waals surface area contributed by atoms with E-state index in [0.717, 1.165) is 5.69 Å². The molecule has 1 nitrogen and oxygen atoms in total. The molecule has 0 saturated heterocycles. The second kappa shape index (κ2) is 12.1. The molecule has 0 unspecified atom stereocenters. The molecule has 0 amide bonds. The molecule has 0 atom stereocenters. The zero-order valence-corrected chi connectivity index (χ0v) is 30.3. The van der Waals surface area contributed by atoms with Crippen molar-refractivity contribution < 1.29 is 0 Å². The van der Waals surface area contributed by atoms with Crippen molar-refractivity contribution in [2.24, 2.45) is 0 Å². The second-order valence-electron chi connectivity index (χ2n) is 14.6. The first-order valence-corrected chi connectivity index (χ1v) is 18.6. The summed E-state index contributed by atoms with van der Waals surface area (Å²) in [5, 5.41) is 0. The lowest BCUT2D eigenvalue weighted by molar-refractivity contribution is 0.793. The summed E-state index contributed by atoms with van der Waals surface area (Å²) < 4.78 is 0. The average molecular weight is 678 g/mol. The lowest BCUT2D eigenvalue weighted by Gasteiger charge is -2.36. The molecule has 0 fully saturated rings. The highest BCUT2D eigenvalue weighted by molar-refractivity contribution is 6.00. The molecule has 0 bridgehead atoms. The maximum absolute atomic E-state index is 2.54. The monoisotopic (exact) mass is 677 g/mol. The molecule has 1 heteroatoms. The maximum atomic E-state index is 2.54. The quantitative estimate of drug-likeness (QED) is 0.175. The Hall–Kier alpha value is -6.44. The summed E-state index contributed by atoms with van der Waals surface area (Å²) in [5.41, 5.74) is 22.4. The van der Waals surface area contributed by atoms with E-state index in [1.807, 2.05) is 0 Å². The summed E-state index contributed by atoms with van der Waals surface area (Å²) >= 11 is 0. The minimum absolute atomic E-state index is 0.470. The fourth-order valence-electron chi connectivity index (χ4n) is 9.41. The fraction of sp³-hybridized carbons (Fsp3) is 0.0769. The van der Waals surface area contributed by atoms with Crippen LogP contribution >= 0.6 is 0 Å². The van der Waals surface area contributed by atoms with Crippen LogP contribution in [0.3, 0.4) is 0 Å². The molecule has 2 aliphatic carbocycles. The van der Waals surface area contributed by atoms with Crippen LogP contribution in [0.1, 0.15) is 38.9 Å². The molecule has 0 saturated carbocycles. The average Bonchev–Trinajstić information content (AvgIpc) is 3.67. The molecule has 0 aromatic heterocycles. The summed E-state index contributed by atoms with van der Waals surface area (Å²) in [6.07, 6.45) is 0. The SMILES string of the molecule is Cc1ccccc1-c1ccc(N(c2ccc(-c3ccccc3)cc2C)c2cccc3c2C2(c4ccccc4-c4ccccc42)c2ccccc2-3)cc1C. The number of hydrogen-bond donors (Lipinski definition) is 0. The van der Waals surface area contributed by atoms with Gasteiger partial charge in [-0.1, -0.05) is 152 Å². The molecule has 0 aliphatic heterocycles. The summed E-state index contributed by atoms with van der Waals surface area (Å²) in [7, 11) is 0. The Morgan fingerprint density at radius 1 is 0.340 bits per heavy atom. The summed E-state index contributed by atoms with van der Waals surface area (Å²) in [4.78, 5) is 2.54. The van der Waals surface area contributed by atoms with Crippen molar-refractivity contribution in [1.82, 2.24) is 0 Å². The van der Waals surface area contributed by atoms with Crippen LogP contribution in [0, 0.1) is 20.8 Å². The number of anilines is 3. The van der Waals surface area contributed by atoms with Crippen LogP contribution in [0.4, 0.5) is 17.1 Å². The van der Waals surface area contributed by atoms with Gasteiger partial charge in [0.05, 0.1) is 11.1 Å². The van der Waals surface area contributed by atoms with Crippen molar-refractivity contribution >= 4 is 17.1 Å². The first kappa shape index (κ1) is 31.3. The van der Waals surface area contributed by atoms with E-state index >= 15 is 0 Å². The summed E-state index contributed by atoms with van der Waals surface area (Å²) in [6.45, 7) is 6.72.